The van der Waals surface area contributed by atoms with E-state index in [1.165, 1.54) is 11.3 Å². The van der Waals surface area contributed by atoms with Gasteiger partial charge in [0.05, 0.1) is 15.1 Å². The fraction of sp³-hybridized carbons (Fsp3) is 0.350. The van der Waals surface area contributed by atoms with Gasteiger partial charge in [-0.15, -0.1) is 22.7 Å². The van der Waals surface area contributed by atoms with E-state index in [-0.39, 0.29) is 18.6 Å². The molecule has 1 unspecified atom stereocenters. The number of benzene rings is 1. The van der Waals surface area contributed by atoms with Crippen LogP contribution in [0.25, 0.3) is 20.1 Å². The molecule has 0 N–H and O–H groups in total. The van der Waals surface area contributed by atoms with Gasteiger partial charge in [0.2, 0.25) is 0 Å². The molecule has 1 aliphatic rings. The number of para-hydroxylation sites is 1. The smallest absolute Gasteiger partial charge is 0.348 e. The first-order chi connectivity index (χ1) is 13.1. The summed E-state index contributed by atoms with van der Waals surface area (Å²) in [5.74, 6) is -0.566. The van der Waals surface area contributed by atoms with Crippen molar-refractivity contribution in [3.05, 3.63) is 41.3 Å². The van der Waals surface area contributed by atoms with Crippen LogP contribution in [0.3, 0.4) is 0 Å². The van der Waals surface area contributed by atoms with Gasteiger partial charge in [0.25, 0.3) is 5.91 Å². The number of ether oxygens (including phenoxy) is 1. The third kappa shape index (κ3) is 3.89. The number of hydrogen-bond acceptors (Lipinski definition) is 6. The van der Waals surface area contributed by atoms with Crippen molar-refractivity contribution in [2.45, 2.75) is 32.2 Å². The van der Waals surface area contributed by atoms with E-state index in [1.54, 1.807) is 17.4 Å². The van der Waals surface area contributed by atoms with E-state index in [2.05, 4.69) is 4.98 Å². The molecule has 0 aliphatic carbocycles. The molecule has 0 bridgehead atoms. The number of carbonyl (C=O) groups is 2. The Morgan fingerprint density at radius 2 is 2.04 bits per heavy atom. The topological polar surface area (TPSA) is 59.5 Å². The normalized spacial score (nSPS) is 17.2. The Kier molecular flexibility index (Phi) is 5.22. The van der Waals surface area contributed by atoms with Crippen LogP contribution >= 0.6 is 22.7 Å². The number of esters is 1. The van der Waals surface area contributed by atoms with Crippen LogP contribution < -0.4 is 0 Å². The molecule has 0 radical (unpaired) electrons. The van der Waals surface area contributed by atoms with E-state index in [0.717, 1.165) is 45.9 Å². The van der Waals surface area contributed by atoms with Crippen molar-refractivity contribution in [3.63, 3.8) is 0 Å². The van der Waals surface area contributed by atoms with Crippen molar-refractivity contribution in [2.75, 3.05) is 13.2 Å². The van der Waals surface area contributed by atoms with E-state index >= 15 is 0 Å². The second-order valence-electron chi connectivity index (χ2n) is 6.66. The average Bonchev–Trinajstić information content (AvgIpc) is 3.33. The molecule has 2 aromatic heterocycles. The van der Waals surface area contributed by atoms with Gasteiger partial charge in [0.15, 0.2) is 6.61 Å². The molecule has 27 heavy (non-hydrogen) atoms. The second kappa shape index (κ2) is 7.78. The lowest BCUT2D eigenvalue weighted by molar-refractivity contribution is -0.137. The summed E-state index contributed by atoms with van der Waals surface area (Å²) in [6.45, 7) is 2.60. The van der Waals surface area contributed by atoms with Gasteiger partial charge in [-0.1, -0.05) is 12.1 Å². The number of nitrogens with zero attached hydrogens (tertiary/aromatic N) is 2. The van der Waals surface area contributed by atoms with Crippen LogP contribution in [0.4, 0.5) is 0 Å². The van der Waals surface area contributed by atoms with Crippen LogP contribution in [0, 0.1) is 0 Å². The highest BCUT2D eigenvalue weighted by Gasteiger charge is 2.24. The van der Waals surface area contributed by atoms with Crippen molar-refractivity contribution in [2.24, 2.45) is 0 Å². The first kappa shape index (κ1) is 18.1. The molecule has 7 heteroatoms. The van der Waals surface area contributed by atoms with E-state index in [9.17, 15) is 9.59 Å². The summed E-state index contributed by atoms with van der Waals surface area (Å²) in [7, 11) is 0. The van der Waals surface area contributed by atoms with E-state index in [4.69, 9.17) is 4.74 Å². The Morgan fingerprint density at radius 1 is 1.19 bits per heavy atom. The van der Waals surface area contributed by atoms with Gasteiger partial charge in [0.1, 0.15) is 9.88 Å². The lowest BCUT2D eigenvalue weighted by Crippen LogP contribution is -2.44. The molecule has 140 valence electrons. The van der Waals surface area contributed by atoms with Crippen LogP contribution in [-0.2, 0) is 9.53 Å². The average molecular weight is 401 g/mol. The van der Waals surface area contributed by atoms with Gasteiger partial charge in [-0.05, 0) is 50.5 Å². The van der Waals surface area contributed by atoms with Crippen LogP contribution in [0.15, 0.2) is 36.4 Å². The number of fused-ring (bicyclic) bond motifs is 1. The van der Waals surface area contributed by atoms with E-state index in [0.29, 0.717) is 4.88 Å². The molecule has 0 spiro atoms. The summed E-state index contributed by atoms with van der Waals surface area (Å²) in [6.07, 6.45) is 3.17. The number of aromatic nitrogens is 1. The van der Waals surface area contributed by atoms with Crippen LogP contribution in [-0.4, -0.2) is 41.0 Å². The SMILES string of the molecule is CC1CCCCN1C(=O)COC(=O)c1ccc(-c2nc3ccccc3s2)s1. The predicted octanol–water partition coefficient (Wildman–Crippen LogP) is 4.58. The minimum Gasteiger partial charge on any atom is -0.451 e. The van der Waals surface area contributed by atoms with Crippen molar-refractivity contribution in [3.8, 4) is 9.88 Å². The quantitative estimate of drug-likeness (QED) is 0.602. The minimum absolute atomic E-state index is 0.112. The lowest BCUT2D eigenvalue weighted by Gasteiger charge is -2.33. The number of thiophene rings is 1. The van der Waals surface area contributed by atoms with E-state index < -0.39 is 5.97 Å². The van der Waals surface area contributed by atoms with Gasteiger partial charge in [0, 0.05) is 12.6 Å². The fourth-order valence-electron chi connectivity index (χ4n) is 3.29. The first-order valence-corrected chi connectivity index (χ1v) is 10.7. The Hall–Kier alpha value is -2.25. The number of rotatable bonds is 4. The molecule has 1 saturated heterocycles. The summed E-state index contributed by atoms with van der Waals surface area (Å²) in [6, 6.07) is 11.8. The van der Waals surface area contributed by atoms with Crippen molar-refractivity contribution < 1.29 is 14.3 Å². The van der Waals surface area contributed by atoms with Gasteiger partial charge in [-0.25, -0.2) is 9.78 Å². The zero-order valence-electron chi connectivity index (χ0n) is 15.0. The molecule has 3 aromatic rings. The maximum atomic E-state index is 12.3. The van der Waals surface area contributed by atoms with Gasteiger partial charge in [-0.2, -0.15) is 0 Å². The highest BCUT2D eigenvalue weighted by atomic mass is 32.1. The molecule has 5 nitrogen and oxygen atoms in total. The lowest BCUT2D eigenvalue weighted by atomic mass is 10.0. The van der Waals surface area contributed by atoms with Crippen molar-refractivity contribution in [1.82, 2.24) is 9.88 Å². The number of hydrogen-bond donors (Lipinski definition) is 0. The third-order valence-corrected chi connectivity index (χ3v) is 7.03. The largest absolute Gasteiger partial charge is 0.451 e. The Labute approximate surface area is 165 Å². The molecular weight excluding hydrogens is 380 g/mol. The molecule has 4 rings (SSSR count). The maximum Gasteiger partial charge on any atom is 0.348 e. The fourth-order valence-corrected chi connectivity index (χ4v) is 5.21. The predicted molar refractivity (Wildman–Crippen MR) is 108 cm³/mol. The van der Waals surface area contributed by atoms with Crippen molar-refractivity contribution in [1.29, 1.82) is 0 Å². The standard InChI is InChI=1S/C20H20N2O3S2/c1-13-6-4-5-11-22(13)18(23)12-25-20(24)17-10-9-16(26-17)19-21-14-7-2-3-8-15(14)27-19/h2-3,7-10,13H,4-6,11-12H2,1H3. The highest BCUT2D eigenvalue weighted by molar-refractivity contribution is 7.26. The van der Waals surface area contributed by atoms with Gasteiger partial charge in [-0.3, -0.25) is 4.79 Å². The van der Waals surface area contributed by atoms with Gasteiger partial charge < -0.3 is 9.64 Å². The number of likely N-dealkylation sites (tertiary alicyclic amines) is 1. The summed E-state index contributed by atoms with van der Waals surface area (Å²) < 4.78 is 6.38. The van der Waals surface area contributed by atoms with E-state index in [1.807, 2.05) is 42.2 Å². The zero-order chi connectivity index (χ0) is 18.8. The van der Waals surface area contributed by atoms with Crippen LogP contribution in [0.2, 0.25) is 0 Å². The summed E-state index contributed by atoms with van der Waals surface area (Å²) in [5.41, 5.74) is 0.955. The number of piperidine rings is 1. The summed E-state index contributed by atoms with van der Waals surface area (Å²) in [5, 5.41) is 0.887. The third-order valence-electron chi connectivity index (χ3n) is 4.76. The second-order valence-corrected chi connectivity index (χ2v) is 8.77. The molecule has 3 heterocycles. The Morgan fingerprint density at radius 3 is 2.85 bits per heavy atom. The molecular formula is C20H20N2O3S2. The minimum atomic E-state index is -0.453. The molecule has 1 fully saturated rings. The molecule has 1 aromatic carbocycles. The van der Waals surface area contributed by atoms with Crippen LogP contribution in [0.5, 0.6) is 0 Å². The van der Waals surface area contributed by atoms with Crippen LogP contribution in [0.1, 0.15) is 35.9 Å². The molecule has 1 atom stereocenters. The highest BCUT2D eigenvalue weighted by Crippen LogP contribution is 2.34. The maximum absolute atomic E-state index is 12.3. The van der Waals surface area contributed by atoms with Gasteiger partial charge >= 0.3 is 5.97 Å². The molecule has 0 saturated carbocycles. The first-order valence-electron chi connectivity index (χ1n) is 9.04. The molecule has 1 aliphatic heterocycles. The van der Waals surface area contributed by atoms with Crippen molar-refractivity contribution >= 4 is 44.8 Å². The monoisotopic (exact) mass is 400 g/mol. The number of thiazole rings is 1. The number of carbonyl (C=O) groups excluding carboxylic acids is 2. The molecule has 1 amide bonds. The Balaban J connectivity index is 1.40. The Bertz CT molecular complexity index is 945. The number of amides is 1. The summed E-state index contributed by atoms with van der Waals surface area (Å²) >= 11 is 2.94. The summed E-state index contributed by atoms with van der Waals surface area (Å²) in [4.78, 5) is 32.5. The zero-order valence-corrected chi connectivity index (χ0v) is 16.6.